The highest BCUT2D eigenvalue weighted by molar-refractivity contribution is 6.06. The Morgan fingerprint density at radius 2 is 1.68 bits per heavy atom. The molecule has 2 rings (SSSR count). The molecule has 4 nitrogen and oxygen atoms in total. The zero-order valence-corrected chi connectivity index (χ0v) is 10.4. The second kappa shape index (κ2) is 4.97. The average Bonchev–Trinajstić information content (AvgIpc) is 2.36. The third-order valence-corrected chi connectivity index (χ3v) is 2.74. The second-order valence-corrected chi connectivity index (χ2v) is 4.20. The minimum absolute atomic E-state index is 0.202. The Morgan fingerprint density at radius 1 is 1.11 bits per heavy atom. The number of carbonyl (C=O) groups excluding carboxylic acids is 1. The highest BCUT2D eigenvalue weighted by Gasteiger charge is 2.16. The normalized spacial score (nSPS) is 10.2. The van der Waals surface area contributed by atoms with Crippen LogP contribution >= 0.6 is 0 Å². The molecule has 0 heterocycles. The number of nitrogens with zero attached hydrogens (tertiary/aromatic N) is 1. The number of rotatable bonds is 2. The predicted octanol–water partition coefficient (Wildman–Crippen LogP) is 2.27. The van der Waals surface area contributed by atoms with Crippen molar-refractivity contribution in [2.45, 2.75) is 0 Å². The number of nitrogen functional groups attached to an aromatic ring is 2. The maximum Gasteiger partial charge on any atom is 0.258 e. The van der Waals surface area contributed by atoms with Crippen LogP contribution in [0.2, 0.25) is 0 Å². The van der Waals surface area contributed by atoms with Crippen LogP contribution in [0, 0.1) is 5.82 Å². The maximum absolute atomic E-state index is 13.6. The first-order valence-corrected chi connectivity index (χ1v) is 5.67. The van der Waals surface area contributed by atoms with Crippen molar-refractivity contribution in [3.05, 3.63) is 53.8 Å². The summed E-state index contributed by atoms with van der Waals surface area (Å²) in [6, 6.07) is 10.6. The molecule has 2 aromatic carbocycles. The number of hydrogen-bond donors (Lipinski definition) is 2. The molecule has 0 radical (unpaired) electrons. The standard InChI is InChI=1S/C14H14FN3O/c1-18(13-5-3-2-4-12(13)15)14(19)9-6-10(16)8-11(17)7-9/h2-8H,16-17H2,1H3. The van der Waals surface area contributed by atoms with Crippen molar-refractivity contribution in [2.24, 2.45) is 0 Å². The van der Waals surface area contributed by atoms with Crippen LogP contribution in [-0.2, 0) is 0 Å². The summed E-state index contributed by atoms with van der Waals surface area (Å²) in [5.74, 6) is -0.834. The van der Waals surface area contributed by atoms with Gasteiger partial charge in [-0.15, -0.1) is 0 Å². The van der Waals surface area contributed by atoms with E-state index in [1.165, 1.54) is 36.2 Å². The number of para-hydroxylation sites is 1. The quantitative estimate of drug-likeness (QED) is 0.812. The topological polar surface area (TPSA) is 72.3 Å². The molecule has 5 heteroatoms. The lowest BCUT2D eigenvalue weighted by Gasteiger charge is -2.18. The van der Waals surface area contributed by atoms with E-state index in [2.05, 4.69) is 0 Å². The van der Waals surface area contributed by atoms with Crippen LogP contribution in [0.5, 0.6) is 0 Å². The van der Waals surface area contributed by atoms with Gasteiger partial charge in [-0.3, -0.25) is 4.79 Å². The highest BCUT2D eigenvalue weighted by Crippen LogP contribution is 2.21. The van der Waals surface area contributed by atoms with Crippen molar-refractivity contribution in [1.29, 1.82) is 0 Å². The molecule has 0 aliphatic carbocycles. The third kappa shape index (κ3) is 2.65. The van der Waals surface area contributed by atoms with E-state index >= 15 is 0 Å². The third-order valence-electron chi connectivity index (χ3n) is 2.74. The van der Waals surface area contributed by atoms with Crippen molar-refractivity contribution in [2.75, 3.05) is 23.4 Å². The summed E-state index contributed by atoms with van der Waals surface area (Å²) in [4.78, 5) is 13.5. The molecule has 98 valence electrons. The van der Waals surface area contributed by atoms with Gasteiger partial charge in [-0.05, 0) is 30.3 Å². The Kier molecular flexibility index (Phi) is 3.37. The molecule has 0 bridgehead atoms. The van der Waals surface area contributed by atoms with E-state index in [1.807, 2.05) is 0 Å². The minimum atomic E-state index is -0.463. The van der Waals surface area contributed by atoms with Gasteiger partial charge in [-0.25, -0.2) is 4.39 Å². The van der Waals surface area contributed by atoms with Crippen molar-refractivity contribution in [1.82, 2.24) is 0 Å². The van der Waals surface area contributed by atoms with E-state index in [0.717, 1.165) is 0 Å². The lowest BCUT2D eigenvalue weighted by molar-refractivity contribution is 0.0992. The number of anilines is 3. The molecule has 0 aliphatic rings. The van der Waals surface area contributed by atoms with Crippen molar-refractivity contribution < 1.29 is 9.18 Å². The van der Waals surface area contributed by atoms with Crippen molar-refractivity contribution >= 4 is 23.0 Å². The minimum Gasteiger partial charge on any atom is -0.399 e. The molecule has 0 saturated carbocycles. The lowest BCUT2D eigenvalue weighted by Crippen LogP contribution is -2.27. The Bertz CT molecular complexity index is 608. The van der Waals surface area contributed by atoms with Crippen LogP contribution in [0.4, 0.5) is 21.5 Å². The second-order valence-electron chi connectivity index (χ2n) is 4.20. The Balaban J connectivity index is 2.36. The Hall–Kier alpha value is -2.56. The van der Waals surface area contributed by atoms with Gasteiger partial charge in [-0.2, -0.15) is 0 Å². The fraction of sp³-hybridized carbons (Fsp3) is 0.0714. The van der Waals surface area contributed by atoms with Crippen LogP contribution in [0.15, 0.2) is 42.5 Å². The summed E-state index contributed by atoms with van der Waals surface area (Å²) in [5.41, 5.74) is 12.6. The number of hydrogen-bond acceptors (Lipinski definition) is 3. The van der Waals surface area contributed by atoms with E-state index in [-0.39, 0.29) is 11.6 Å². The molecule has 0 atom stereocenters. The highest BCUT2D eigenvalue weighted by atomic mass is 19.1. The number of benzene rings is 2. The SMILES string of the molecule is CN(C(=O)c1cc(N)cc(N)c1)c1ccccc1F. The number of halogens is 1. The number of carbonyl (C=O) groups is 1. The van der Waals surface area contributed by atoms with Crippen LogP contribution in [0.1, 0.15) is 10.4 Å². The van der Waals surface area contributed by atoms with Crippen LogP contribution < -0.4 is 16.4 Å². The molecule has 0 fully saturated rings. The van der Waals surface area contributed by atoms with Gasteiger partial charge in [0.05, 0.1) is 5.69 Å². The summed E-state index contributed by atoms with van der Waals surface area (Å²) >= 11 is 0. The summed E-state index contributed by atoms with van der Waals surface area (Å²) in [5, 5.41) is 0. The Morgan fingerprint density at radius 3 is 2.26 bits per heavy atom. The van der Waals surface area contributed by atoms with Crippen molar-refractivity contribution in [3.8, 4) is 0 Å². The van der Waals surface area contributed by atoms with Crippen LogP contribution in [-0.4, -0.2) is 13.0 Å². The molecular formula is C14H14FN3O. The molecule has 0 unspecified atom stereocenters. The van der Waals surface area contributed by atoms with Gasteiger partial charge in [0.25, 0.3) is 5.91 Å². The molecule has 0 aromatic heterocycles. The molecule has 2 aromatic rings. The first-order chi connectivity index (χ1) is 8.99. The van der Waals surface area contributed by atoms with Crippen LogP contribution in [0.25, 0.3) is 0 Å². The van der Waals surface area contributed by atoms with Gasteiger partial charge in [0.1, 0.15) is 5.82 Å². The summed E-state index contributed by atoms with van der Waals surface area (Å²) in [6.45, 7) is 0. The summed E-state index contributed by atoms with van der Waals surface area (Å²) in [6.07, 6.45) is 0. The average molecular weight is 259 g/mol. The van der Waals surface area contributed by atoms with E-state index in [4.69, 9.17) is 11.5 Å². The Labute approximate surface area is 110 Å². The molecule has 0 saturated heterocycles. The number of nitrogens with two attached hydrogens (primary N) is 2. The fourth-order valence-corrected chi connectivity index (χ4v) is 1.83. The van der Waals surface area contributed by atoms with Gasteiger partial charge < -0.3 is 16.4 Å². The van der Waals surface area contributed by atoms with Gasteiger partial charge in [0, 0.05) is 24.0 Å². The molecule has 1 amide bonds. The largest absolute Gasteiger partial charge is 0.399 e. The smallest absolute Gasteiger partial charge is 0.258 e. The zero-order chi connectivity index (χ0) is 14.0. The van der Waals surface area contributed by atoms with Gasteiger partial charge in [0.15, 0.2) is 0 Å². The molecule has 0 spiro atoms. The van der Waals surface area contributed by atoms with Crippen molar-refractivity contribution in [3.63, 3.8) is 0 Å². The molecule has 0 aliphatic heterocycles. The van der Waals surface area contributed by atoms with E-state index < -0.39 is 5.82 Å². The van der Waals surface area contributed by atoms with Gasteiger partial charge >= 0.3 is 0 Å². The van der Waals surface area contributed by atoms with E-state index in [0.29, 0.717) is 16.9 Å². The van der Waals surface area contributed by atoms with E-state index in [1.54, 1.807) is 18.2 Å². The first kappa shape index (κ1) is 12.9. The molecular weight excluding hydrogens is 245 g/mol. The van der Waals surface area contributed by atoms with Gasteiger partial charge in [0.2, 0.25) is 0 Å². The monoisotopic (exact) mass is 259 g/mol. The predicted molar refractivity (Wildman–Crippen MR) is 74.4 cm³/mol. The van der Waals surface area contributed by atoms with E-state index in [9.17, 15) is 9.18 Å². The van der Waals surface area contributed by atoms with Gasteiger partial charge in [-0.1, -0.05) is 12.1 Å². The zero-order valence-electron chi connectivity index (χ0n) is 10.4. The van der Waals surface area contributed by atoms with Crippen LogP contribution in [0.3, 0.4) is 0 Å². The maximum atomic E-state index is 13.6. The molecule has 19 heavy (non-hydrogen) atoms. The summed E-state index contributed by atoms with van der Waals surface area (Å²) in [7, 11) is 1.50. The summed E-state index contributed by atoms with van der Waals surface area (Å²) < 4.78 is 13.6. The first-order valence-electron chi connectivity index (χ1n) is 5.67. The lowest BCUT2D eigenvalue weighted by atomic mass is 10.1. The molecule has 4 N–H and O–H groups in total. The fourth-order valence-electron chi connectivity index (χ4n) is 1.83. The number of amides is 1.